The maximum absolute atomic E-state index is 12.1. The molecule has 4 aromatic rings. The molecule has 0 saturated heterocycles. The summed E-state index contributed by atoms with van der Waals surface area (Å²) in [5.74, 6) is 2.03. The van der Waals surface area contributed by atoms with E-state index in [0.717, 1.165) is 34.5 Å². The minimum Gasteiger partial charge on any atom is -0.497 e. The Bertz CT molecular complexity index is 1100. The van der Waals surface area contributed by atoms with Crippen LogP contribution in [0.25, 0.3) is 22.5 Å². The molecule has 4 rings (SSSR count). The maximum Gasteiger partial charge on any atom is 0.326 e. The third kappa shape index (κ3) is 3.75. The summed E-state index contributed by atoms with van der Waals surface area (Å²) in [5.41, 5.74) is 2.55. The molecule has 0 radical (unpaired) electrons. The van der Waals surface area contributed by atoms with Crippen molar-refractivity contribution in [1.82, 2.24) is 19.7 Å². The van der Waals surface area contributed by atoms with Gasteiger partial charge in [0.15, 0.2) is 0 Å². The second kappa shape index (κ2) is 7.71. The molecule has 2 aromatic heterocycles. The van der Waals surface area contributed by atoms with Crippen LogP contribution in [0, 0.1) is 0 Å². The summed E-state index contributed by atoms with van der Waals surface area (Å²) in [5, 5.41) is 8.69. The van der Waals surface area contributed by atoms with Crippen molar-refractivity contribution in [3.8, 4) is 17.2 Å². The molecule has 0 bridgehead atoms. The van der Waals surface area contributed by atoms with Crippen molar-refractivity contribution in [2.24, 2.45) is 0 Å². The molecule has 2 aromatic carbocycles. The lowest BCUT2D eigenvalue weighted by Gasteiger charge is -2.02. The number of imidazole rings is 1. The lowest BCUT2D eigenvalue weighted by molar-refractivity contribution is 0.414. The first-order valence-electron chi connectivity index (χ1n) is 8.53. The zero-order valence-electron chi connectivity index (χ0n) is 14.7. The Morgan fingerprint density at radius 3 is 2.78 bits per heavy atom. The zero-order valence-corrected chi connectivity index (χ0v) is 15.5. The van der Waals surface area contributed by atoms with Crippen LogP contribution in [0.1, 0.15) is 6.42 Å². The van der Waals surface area contributed by atoms with Crippen molar-refractivity contribution in [1.29, 1.82) is 0 Å². The highest BCUT2D eigenvalue weighted by Crippen LogP contribution is 2.25. The summed E-state index contributed by atoms with van der Waals surface area (Å²) >= 11 is 1.49. The van der Waals surface area contributed by atoms with E-state index in [2.05, 4.69) is 15.2 Å². The van der Waals surface area contributed by atoms with Gasteiger partial charge in [-0.1, -0.05) is 23.9 Å². The molecule has 138 valence electrons. The molecule has 0 spiro atoms. The van der Waals surface area contributed by atoms with Crippen molar-refractivity contribution in [2.45, 2.75) is 18.2 Å². The second-order valence-corrected chi connectivity index (χ2v) is 6.95. The summed E-state index contributed by atoms with van der Waals surface area (Å²) in [4.78, 5) is 14.9. The number of hydrogen-bond acceptors (Lipinski definition) is 6. The first kappa shape index (κ1) is 17.4. The number of nitrogens with one attached hydrogen (secondary N) is 1. The number of nitrogens with zero attached hydrogens (tertiary/aromatic N) is 3. The van der Waals surface area contributed by atoms with Crippen LogP contribution in [0.4, 0.5) is 0 Å². The summed E-state index contributed by atoms with van der Waals surface area (Å²) in [6.07, 6.45) is 0.812. The average molecular weight is 382 g/mol. The zero-order chi connectivity index (χ0) is 18.6. The van der Waals surface area contributed by atoms with Gasteiger partial charge in [-0.15, -0.1) is 10.2 Å². The lowest BCUT2D eigenvalue weighted by atomic mass is 10.2. The smallest absolute Gasteiger partial charge is 0.326 e. The molecule has 0 atom stereocenters. The Labute approximate surface area is 159 Å². The van der Waals surface area contributed by atoms with Crippen LogP contribution in [0.15, 0.2) is 63.0 Å². The monoisotopic (exact) mass is 382 g/mol. The molecule has 27 heavy (non-hydrogen) atoms. The molecule has 8 heteroatoms. The van der Waals surface area contributed by atoms with Crippen LogP contribution in [0.2, 0.25) is 0 Å². The number of aromatic amines is 1. The molecular formula is C19H18N4O3S. The third-order valence-electron chi connectivity index (χ3n) is 4.18. The summed E-state index contributed by atoms with van der Waals surface area (Å²) in [6, 6.07) is 15.2. The summed E-state index contributed by atoms with van der Waals surface area (Å²) < 4.78 is 12.6. The normalized spacial score (nSPS) is 11.1. The Kier molecular flexibility index (Phi) is 4.97. The molecule has 0 aliphatic heterocycles. The summed E-state index contributed by atoms with van der Waals surface area (Å²) in [6.45, 7) is 0.634. The minimum atomic E-state index is -0.0826. The van der Waals surface area contributed by atoms with Gasteiger partial charge >= 0.3 is 5.69 Å². The number of benzene rings is 2. The molecule has 0 unspecified atom stereocenters. The van der Waals surface area contributed by atoms with E-state index in [9.17, 15) is 4.79 Å². The van der Waals surface area contributed by atoms with Gasteiger partial charge in [-0.05, 0) is 42.8 Å². The highest BCUT2D eigenvalue weighted by molar-refractivity contribution is 7.99. The molecule has 0 aliphatic rings. The van der Waals surface area contributed by atoms with E-state index in [1.165, 1.54) is 11.8 Å². The number of methoxy groups -OCH3 is 1. The predicted molar refractivity (Wildman–Crippen MR) is 104 cm³/mol. The van der Waals surface area contributed by atoms with Crippen molar-refractivity contribution < 1.29 is 9.15 Å². The van der Waals surface area contributed by atoms with Crippen molar-refractivity contribution in [3.63, 3.8) is 0 Å². The van der Waals surface area contributed by atoms with Crippen LogP contribution in [-0.2, 0) is 6.54 Å². The van der Waals surface area contributed by atoms with E-state index in [1.807, 2.05) is 48.5 Å². The molecule has 2 heterocycles. The average Bonchev–Trinajstić information content (AvgIpc) is 3.29. The van der Waals surface area contributed by atoms with Gasteiger partial charge in [0.25, 0.3) is 5.22 Å². The quantitative estimate of drug-likeness (QED) is 0.388. The largest absolute Gasteiger partial charge is 0.497 e. The molecule has 0 aliphatic carbocycles. The number of aromatic nitrogens is 4. The Morgan fingerprint density at radius 1 is 1.15 bits per heavy atom. The van der Waals surface area contributed by atoms with Gasteiger partial charge in [-0.2, -0.15) is 0 Å². The molecule has 0 saturated carbocycles. The number of hydrogen-bond donors (Lipinski definition) is 1. The Morgan fingerprint density at radius 2 is 1.96 bits per heavy atom. The van der Waals surface area contributed by atoms with Gasteiger partial charge < -0.3 is 14.1 Å². The Balaban J connectivity index is 1.35. The van der Waals surface area contributed by atoms with Crippen LogP contribution < -0.4 is 10.4 Å². The molecule has 0 fully saturated rings. The Hall–Kier alpha value is -3.00. The number of aryl methyl sites for hydroxylation is 1. The molecule has 7 nitrogen and oxygen atoms in total. The van der Waals surface area contributed by atoms with Crippen molar-refractivity contribution in [2.75, 3.05) is 12.9 Å². The number of thioether (sulfide) groups is 1. The fourth-order valence-corrected chi connectivity index (χ4v) is 3.51. The van der Waals surface area contributed by atoms with E-state index < -0.39 is 0 Å². The van der Waals surface area contributed by atoms with Crippen molar-refractivity contribution >= 4 is 22.8 Å². The number of fused-ring (bicyclic) bond motifs is 1. The molecular weight excluding hydrogens is 364 g/mol. The minimum absolute atomic E-state index is 0.0826. The lowest BCUT2D eigenvalue weighted by Crippen LogP contribution is -2.17. The van der Waals surface area contributed by atoms with Gasteiger partial charge in [0, 0.05) is 17.9 Å². The first-order chi connectivity index (χ1) is 13.2. The molecule has 1 N–H and O–H groups in total. The fourth-order valence-electron chi connectivity index (χ4n) is 2.83. The standard InChI is InChI=1S/C19H18N4O3S/c1-25-14-9-7-13(8-10-14)17-21-22-19(26-17)27-12-4-11-23-16-6-3-2-5-15(16)20-18(23)24/h2-3,5-10H,4,11-12H2,1H3,(H,20,24). The van der Waals surface area contributed by atoms with Crippen LogP contribution in [0.5, 0.6) is 5.75 Å². The van der Waals surface area contributed by atoms with E-state index in [-0.39, 0.29) is 5.69 Å². The van der Waals surface area contributed by atoms with Gasteiger partial charge in [0.2, 0.25) is 5.89 Å². The van der Waals surface area contributed by atoms with E-state index >= 15 is 0 Å². The van der Waals surface area contributed by atoms with Crippen LogP contribution >= 0.6 is 11.8 Å². The fraction of sp³-hybridized carbons (Fsp3) is 0.211. The topological polar surface area (TPSA) is 85.9 Å². The third-order valence-corrected chi connectivity index (χ3v) is 5.08. The van der Waals surface area contributed by atoms with E-state index in [1.54, 1.807) is 11.7 Å². The van der Waals surface area contributed by atoms with Gasteiger partial charge in [-0.25, -0.2) is 4.79 Å². The highest BCUT2D eigenvalue weighted by atomic mass is 32.2. The van der Waals surface area contributed by atoms with Crippen LogP contribution in [-0.4, -0.2) is 32.6 Å². The van der Waals surface area contributed by atoms with Gasteiger partial charge in [0.05, 0.1) is 18.1 Å². The maximum atomic E-state index is 12.1. The summed E-state index contributed by atoms with van der Waals surface area (Å²) in [7, 11) is 1.63. The molecule has 0 amide bonds. The number of para-hydroxylation sites is 2. The predicted octanol–water partition coefficient (Wildman–Crippen LogP) is 3.57. The SMILES string of the molecule is COc1ccc(-c2nnc(SCCCn3c(=O)[nH]c4ccccc43)o2)cc1. The van der Waals surface area contributed by atoms with Gasteiger partial charge in [0.1, 0.15) is 5.75 Å². The van der Waals surface area contributed by atoms with Gasteiger partial charge in [-0.3, -0.25) is 4.57 Å². The number of rotatable bonds is 7. The van der Waals surface area contributed by atoms with Crippen LogP contribution in [0.3, 0.4) is 0 Å². The van der Waals surface area contributed by atoms with E-state index in [4.69, 9.17) is 9.15 Å². The van der Waals surface area contributed by atoms with E-state index in [0.29, 0.717) is 17.7 Å². The highest BCUT2D eigenvalue weighted by Gasteiger charge is 2.10. The number of ether oxygens (including phenoxy) is 1. The van der Waals surface area contributed by atoms with Crippen molar-refractivity contribution in [3.05, 3.63) is 59.0 Å². The first-order valence-corrected chi connectivity index (χ1v) is 9.51. The second-order valence-electron chi connectivity index (χ2n) is 5.90. The number of H-pyrrole nitrogens is 1.